The Kier molecular flexibility index (Phi) is 20.8. The number of rotatable bonds is 23. The molecule has 8 heteroatoms. The Morgan fingerprint density at radius 3 is 1.84 bits per heavy atom. The Hall–Kier alpha value is -0.460. The minimum absolute atomic E-state index is 0.183. The van der Waals surface area contributed by atoms with Crippen LogP contribution < -0.4 is 0 Å². The van der Waals surface area contributed by atoms with Crippen molar-refractivity contribution in [2.75, 3.05) is 40.5 Å². The van der Waals surface area contributed by atoms with Crippen LogP contribution >= 0.6 is 8.25 Å². The Balaban J connectivity index is 3.56. The molecular weight excluding hydrogens is 429 g/mol. The second kappa shape index (κ2) is 21.1. The van der Waals surface area contributed by atoms with Gasteiger partial charge in [-0.3, -0.25) is 9.36 Å². The normalized spacial score (nSPS) is 14.4. The third-order valence-corrected chi connectivity index (χ3v) is 6.11. The van der Waals surface area contributed by atoms with E-state index in [4.69, 9.17) is 13.8 Å². The van der Waals surface area contributed by atoms with Gasteiger partial charge in [-0.15, -0.1) is 0 Å². The van der Waals surface area contributed by atoms with Crippen LogP contribution in [0.3, 0.4) is 0 Å². The fourth-order valence-electron chi connectivity index (χ4n) is 3.20. The molecule has 2 atom stereocenters. The van der Waals surface area contributed by atoms with Gasteiger partial charge in [0.05, 0.1) is 13.2 Å². The summed E-state index contributed by atoms with van der Waals surface area (Å²) in [5, 5.41) is 10.2. The van der Waals surface area contributed by atoms with Crippen LogP contribution in [0, 0.1) is 0 Å². The van der Waals surface area contributed by atoms with Gasteiger partial charge in [-0.1, -0.05) is 84.0 Å². The fourth-order valence-corrected chi connectivity index (χ4v) is 3.97. The molecule has 0 fully saturated rings. The highest BCUT2D eigenvalue weighted by Gasteiger charge is 2.24. The van der Waals surface area contributed by atoms with Gasteiger partial charge >= 0.3 is 14.2 Å². The van der Waals surface area contributed by atoms with Gasteiger partial charge in [-0.05, 0) is 27.4 Å². The Labute approximate surface area is 197 Å². The molecule has 0 radical (unpaired) electrons. The number of hydrogen-bond donors (Lipinski definition) is 1. The zero-order valence-corrected chi connectivity index (χ0v) is 22.2. The first-order valence-corrected chi connectivity index (χ1v) is 13.8. The van der Waals surface area contributed by atoms with E-state index in [0.29, 0.717) is 19.6 Å². The molecule has 0 bridgehead atoms. The average Bonchev–Trinajstić information content (AvgIpc) is 2.74. The quantitative estimate of drug-likeness (QED) is 0.113. The number of carbonyl (C=O) groups is 1. The summed E-state index contributed by atoms with van der Waals surface area (Å²) in [5.41, 5.74) is -1.39. The van der Waals surface area contributed by atoms with Gasteiger partial charge in [-0.25, -0.2) is 0 Å². The van der Waals surface area contributed by atoms with Gasteiger partial charge in [0, 0.05) is 13.0 Å². The molecule has 0 aliphatic carbocycles. The van der Waals surface area contributed by atoms with E-state index in [1.807, 2.05) is 19.0 Å². The molecule has 0 spiro atoms. The van der Waals surface area contributed by atoms with Crippen molar-refractivity contribution in [2.45, 2.75) is 109 Å². The van der Waals surface area contributed by atoms with E-state index >= 15 is 0 Å². The first-order valence-electron chi connectivity index (χ1n) is 12.6. The third-order valence-electron chi connectivity index (χ3n) is 5.29. The van der Waals surface area contributed by atoms with Gasteiger partial charge in [0.1, 0.15) is 12.2 Å². The van der Waals surface area contributed by atoms with E-state index in [9.17, 15) is 14.5 Å². The van der Waals surface area contributed by atoms with Crippen LogP contribution in [0.25, 0.3) is 0 Å². The number of likely N-dealkylation sites (N-methyl/N-ethyl adjacent to an activating group) is 1. The molecule has 0 saturated carbocycles. The maximum Gasteiger partial charge on any atom is 0.319 e. The highest BCUT2D eigenvalue weighted by molar-refractivity contribution is 7.33. The van der Waals surface area contributed by atoms with E-state index in [1.165, 1.54) is 71.1 Å². The first kappa shape index (κ1) is 31.5. The average molecular weight is 480 g/mol. The second-order valence-corrected chi connectivity index (χ2v) is 10.4. The summed E-state index contributed by atoms with van der Waals surface area (Å²) in [4.78, 5) is 13.8. The Bertz CT molecular complexity index is 473. The summed E-state index contributed by atoms with van der Waals surface area (Å²) in [5.74, 6) is -0.316. The van der Waals surface area contributed by atoms with E-state index in [0.717, 1.165) is 19.3 Å². The SMILES string of the molecule is CCCCCCCCCCCCCCCC(=O)OCC(C)(O)CO[PH](=O)OCCN(C)C. The Morgan fingerprint density at radius 1 is 0.844 bits per heavy atom. The molecular formula is C24H50NO6P. The largest absolute Gasteiger partial charge is 0.463 e. The molecule has 192 valence electrons. The van der Waals surface area contributed by atoms with Gasteiger partial charge in [0.2, 0.25) is 0 Å². The fraction of sp³-hybridized carbons (Fsp3) is 0.958. The summed E-state index contributed by atoms with van der Waals surface area (Å²) < 4.78 is 26.9. The summed E-state index contributed by atoms with van der Waals surface area (Å²) in [6, 6.07) is 0. The lowest BCUT2D eigenvalue weighted by atomic mass is 10.0. The van der Waals surface area contributed by atoms with Crippen LogP contribution in [0.15, 0.2) is 0 Å². The van der Waals surface area contributed by atoms with Gasteiger partial charge in [0.25, 0.3) is 0 Å². The lowest BCUT2D eigenvalue weighted by molar-refractivity contribution is -0.152. The molecule has 0 rings (SSSR count). The van der Waals surface area contributed by atoms with E-state index < -0.39 is 13.9 Å². The van der Waals surface area contributed by atoms with Crippen molar-refractivity contribution in [1.29, 1.82) is 0 Å². The van der Waals surface area contributed by atoms with Gasteiger partial charge in [0.15, 0.2) is 0 Å². The van der Waals surface area contributed by atoms with Gasteiger partial charge in [-0.2, -0.15) is 0 Å². The molecule has 2 unspecified atom stereocenters. The molecule has 0 aliphatic heterocycles. The first-order chi connectivity index (χ1) is 15.3. The number of esters is 1. The maximum atomic E-state index is 11.9. The Morgan fingerprint density at radius 2 is 1.34 bits per heavy atom. The summed E-state index contributed by atoms with van der Waals surface area (Å²) in [6.07, 6.45) is 16.7. The van der Waals surface area contributed by atoms with E-state index in [-0.39, 0.29) is 19.2 Å². The summed E-state index contributed by atoms with van der Waals surface area (Å²) in [7, 11) is 1.11. The van der Waals surface area contributed by atoms with E-state index in [1.54, 1.807) is 0 Å². The van der Waals surface area contributed by atoms with Crippen molar-refractivity contribution in [3.05, 3.63) is 0 Å². The maximum absolute atomic E-state index is 11.9. The smallest absolute Gasteiger partial charge is 0.319 e. The molecule has 32 heavy (non-hydrogen) atoms. The minimum Gasteiger partial charge on any atom is -0.463 e. The summed E-state index contributed by atoms with van der Waals surface area (Å²) in [6.45, 7) is 4.27. The molecule has 0 aromatic rings. The minimum atomic E-state index is -2.67. The van der Waals surface area contributed by atoms with Crippen molar-refractivity contribution < 1.29 is 28.3 Å². The molecule has 0 aromatic carbocycles. The molecule has 0 saturated heterocycles. The predicted octanol–water partition coefficient (Wildman–Crippen LogP) is 5.75. The van der Waals surface area contributed by atoms with Crippen molar-refractivity contribution in [1.82, 2.24) is 4.90 Å². The van der Waals surface area contributed by atoms with Crippen LogP contribution in [0.2, 0.25) is 0 Å². The molecule has 0 heterocycles. The molecule has 0 amide bonds. The van der Waals surface area contributed by atoms with Crippen LogP contribution in [-0.4, -0.2) is 62.0 Å². The zero-order valence-electron chi connectivity index (χ0n) is 21.2. The standard InChI is InChI=1S/C24H50NO6P/c1-5-6-7-8-9-10-11-12-13-14-15-16-17-18-23(26)29-21-24(2,27)22-31-32(28)30-20-19-25(3)4/h27,32H,5-22H2,1-4H3. The topological polar surface area (TPSA) is 85.3 Å². The van der Waals surface area contributed by atoms with Crippen LogP contribution in [0.5, 0.6) is 0 Å². The number of aliphatic hydroxyl groups is 1. The number of ether oxygens (including phenoxy) is 1. The molecule has 1 N–H and O–H groups in total. The van der Waals surface area contributed by atoms with Crippen LogP contribution in [0.4, 0.5) is 0 Å². The van der Waals surface area contributed by atoms with Crippen molar-refractivity contribution >= 4 is 14.2 Å². The molecule has 0 aromatic heterocycles. The van der Waals surface area contributed by atoms with E-state index in [2.05, 4.69) is 6.92 Å². The van der Waals surface area contributed by atoms with Crippen LogP contribution in [-0.2, 0) is 23.1 Å². The van der Waals surface area contributed by atoms with Crippen molar-refractivity contribution in [3.63, 3.8) is 0 Å². The number of nitrogens with zero attached hydrogens (tertiary/aromatic N) is 1. The van der Waals surface area contributed by atoms with Crippen LogP contribution in [0.1, 0.15) is 104 Å². The molecule has 7 nitrogen and oxygen atoms in total. The third kappa shape index (κ3) is 22.7. The predicted molar refractivity (Wildman–Crippen MR) is 131 cm³/mol. The van der Waals surface area contributed by atoms with Crippen molar-refractivity contribution in [3.8, 4) is 0 Å². The lowest BCUT2D eigenvalue weighted by Crippen LogP contribution is -2.36. The lowest BCUT2D eigenvalue weighted by Gasteiger charge is -2.22. The monoisotopic (exact) mass is 479 g/mol. The van der Waals surface area contributed by atoms with Crippen molar-refractivity contribution in [2.24, 2.45) is 0 Å². The number of hydrogen-bond acceptors (Lipinski definition) is 7. The highest BCUT2D eigenvalue weighted by Crippen LogP contribution is 2.25. The highest BCUT2D eigenvalue weighted by atomic mass is 31.1. The number of carbonyl (C=O) groups excluding carboxylic acids is 1. The second-order valence-electron chi connectivity index (χ2n) is 9.34. The zero-order chi connectivity index (χ0) is 24.1. The number of unbranched alkanes of at least 4 members (excludes halogenated alkanes) is 12. The summed E-state index contributed by atoms with van der Waals surface area (Å²) >= 11 is 0. The van der Waals surface area contributed by atoms with Gasteiger partial charge < -0.3 is 23.8 Å². The molecule has 0 aliphatic rings.